The standard InChI is InChI=1S/C18H22N2O2S/c1-13-6-7-15(23-13)11-19-8-2-4-14-10-20(12-16(14)19)18(21)17-5-3-9-22-17/h3,5-7,9,14,16H,2,4,8,10-12H2,1H3/t14-,16+/m1/s1. The number of likely N-dealkylation sites (tertiary alicyclic amines) is 2. The van der Waals surface area contributed by atoms with Gasteiger partial charge in [0.25, 0.3) is 5.91 Å². The molecule has 2 aliphatic rings. The van der Waals surface area contributed by atoms with E-state index in [-0.39, 0.29) is 5.91 Å². The van der Waals surface area contributed by atoms with Crippen molar-refractivity contribution >= 4 is 17.2 Å². The van der Waals surface area contributed by atoms with Gasteiger partial charge in [-0.2, -0.15) is 0 Å². The summed E-state index contributed by atoms with van der Waals surface area (Å²) in [5.74, 6) is 1.10. The average molecular weight is 330 g/mol. The molecule has 2 aromatic rings. The Kier molecular flexibility index (Phi) is 3.99. The van der Waals surface area contributed by atoms with E-state index in [0.717, 1.165) is 26.2 Å². The Labute approximate surface area is 140 Å². The Hall–Kier alpha value is -1.59. The van der Waals surface area contributed by atoms with Gasteiger partial charge < -0.3 is 9.32 Å². The van der Waals surface area contributed by atoms with Gasteiger partial charge in [0.05, 0.1) is 6.26 Å². The van der Waals surface area contributed by atoms with Gasteiger partial charge in [-0.25, -0.2) is 0 Å². The molecule has 4 rings (SSSR count). The molecule has 0 spiro atoms. The molecule has 2 atom stereocenters. The average Bonchev–Trinajstić information content (AvgIpc) is 3.26. The van der Waals surface area contributed by atoms with Crippen LogP contribution in [0.25, 0.3) is 0 Å². The van der Waals surface area contributed by atoms with Crippen molar-refractivity contribution in [3.05, 3.63) is 46.0 Å². The highest BCUT2D eigenvalue weighted by atomic mass is 32.1. The van der Waals surface area contributed by atoms with Gasteiger partial charge in [0.15, 0.2) is 5.76 Å². The molecule has 0 bridgehead atoms. The Morgan fingerprint density at radius 3 is 3.00 bits per heavy atom. The smallest absolute Gasteiger partial charge is 0.289 e. The van der Waals surface area contributed by atoms with Crippen molar-refractivity contribution in [1.29, 1.82) is 0 Å². The van der Waals surface area contributed by atoms with E-state index in [1.54, 1.807) is 18.4 Å². The van der Waals surface area contributed by atoms with E-state index in [1.807, 2.05) is 16.2 Å². The normalized spacial score (nSPS) is 24.8. The molecule has 4 nitrogen and oxygen atoms in total. The topological polar surface area (TPSA) is 36.7 Å². The molecule has 0 unspecified atom stereocenters. The quantitative estimate of drug-likeness (QED) is 0.865. The van der Waals surface area contributed by atoms with Gasteiger partial charge in [0, 0.05) is 35.4 Å². The van der Waals surface area contributed by atoms with Crippen molar-refractivity contribution in [1.82, 2.24) is 9.80 Å². The molecule has 2 aromatic heterocycles. The van der Waals surface area contributed by atoms with Crippen LogP contribution >= 0.6 is 11.3 Å². The molecule has 2 fully saturated rings. The summed E-state index contributed by atoms with van der Waals surface area (Å²) in [6.45, 7) is 6.01. The van der Waals surface area contributed by atoms with Gasteiger partial charge in [-0.15, -0.1) is 11.3 Å². The first-order valence-electron chi connectivity index (χ1n) is 8.33. The fraction of sp³-hybridized carbons (Fsp3) is 0.500. The lowest BCUT2D eigenvalue weighted by atomic mass is 9.92. The van der Waals surface area contributed by atoms with E-state index in [4.69, 9.17) is 4.42 Å². The zero-order chi connectivity index (χ0) is 15.8. The molecule has 4 heterocycles. The number of rotatable bonds is 3. The van der Waals surface area contributed by atoms with Gasteiger partial charge in [-0.1, -0.05) is 0 Å². The van der Waals surface area contributed by atoms with E-state index >= 15 is 0 Å². The minimum atomic E-state index is 0.0383. The van der Waals surface area contributed by atoms with Crippen LogP contribution in [-0.4, -0.2) is 41.4 Å². The van der Waals surface area contributed by atoms with Crippen molar-refractivity contribution in [2.75, 3.05) is 19.6 Å². The minimum Gasteiger partial charge on any atom is -0.459 e. The molecule has 0 N–H and O–H groups in total. The number of furan rings is 1. The van der Waals surface area contributed by atoms with E-state index in [2.05, 4.69) is 24.0 Å². The number of piperidine rings is 1. The maximum Gasteiger partial charge on any atom is 0.289 e. The first-order valence-corrected chi connectivity index (χ1v) is 9.14. The van der Waals surface area contributed by atoms with Crippen LogP contribution < -0.4 is 0 Å². The molecule has 0 aromatic carbocycles. The van der Waals surface area contributed by atoms with E-state index < -0.39 is 0 Å². The largest absolute Gasteiger partial charge is 0.459 e. The number of thiophene rings is 1. The Morgan fingerprint density at radius 1 is 1.35 bits per heavy atom. The summed E-state index contributed by atoms with van der Waals surface area (Å²) in [6, 6.07) is 8.47. The maximum atomic E-state index is 12.5. The number of aryl methyl sites for hydroxylation is 1. The van der Waals surface area contributed by atoms with Gasteiger partial charge in [0.2, 0.25) is 0 Å². The Bertz CT molecular complexity index is 679. The van der Waals surface area contributed by atoms with Crippen LogP contribution in [0.1, 0.15) is 33.2 Å². The van der Waals surface area contributed by atoms with Crippen molar-refractivity contribution in [3.63, 3.8) is 0 Å². The van der Waals surface area contributed by atoms with Crippen LogP contribution in [0.2, 0.25) is 0 Å². The van der Waals surface area contributed by atoms with Crippen molar-refractivity contribution in [2.24, 2.45) is 5.92 Å². The molecule has 0 radical (unpaired) electrons. The fourth-order valence-corrected chi connectivity index (χ4v) is 4.88. The summed E-state index contributed by atoms with van der Waals surface area (Å²) in [6.07, 6.45) is 4.03. The molecule has 2 saturated heterocycles. The molecular weight excluding hydrogens is 308 g/mol. The predicted octanol–water partition coefficient (Wildman–Crippen LogP) is 3.39. The Balaban J connectivity index is 1.47. The predicted molar refractivity (Wildman–Crippen MR) is 90.6 cm³/mol. The zero-order valence-corrected chi connectivity index (χ0v) is 14.2. The monoisotopic (exact) mass is 330 g/mol. The van der Waals surface area contributed by atoms with Crippen LogP contribution in [0.15, 0.2) is 34.9 Å². The first-order chi connectivity index (χ1) is 11.2. The van der Waals surface area contributed by atoms with E-state index in [1.165, 1.54) is 22.6 Å². The number of carbonyl (C=O) groups is 1. The number of hydrogen-bond donors (Lipinski definition) is 0. The lowest BCUT2D eigenvalue weighted by Crippen LogP contribution is -2.44. The molecule has 1 amide bonds. The number of amides is 1. The van der Waals surface area contributed by atoms with Crippen molar-refractivity contribution in [3.8, 4) is 0 Å². The summed E-state index contributed by atoms with van der Waals surface area (Å²) < 4.78 is 5.28. The highest BCUT2D eigenvalue weighted by molar-refractivity contribution is 7.11. The van der Waals surface area contributed by atoms with Gasteiger partial charge in [-0.05, 0) is 56.5 Å². The molecule has 2 aliphatic heterocycles. The lowest BCUT2D eigenvalue weighted by Gasteiger charge is -2.36. The SMILES string of the molecule is Cc1ccc(CN2CCC[C@@H]3CN(C(=O)c4ccco4)C[C@@H]32)s1. The summed E-state index contributed by atoms with van der Waals surface area (Å²) in [7, 11) is 0. The summed E-state index contributed by atoms with van der Waals surface area (Å²) in [4.78, 5) is 19.9. The third-order valence-corrected chi connectivity index (χ3v) is 6.06. The van der Waals surface area contributed by atoms with Gasteiger partial charge in [-0.3, -0.25) is 9.69 Å². The molecule has 23 heavy (non-hydrogen) atoms. The fourth-order valence-electron chi connectivity index (χ4n) is 3.96. The van der Waals surface area contributed by atoms with Crippen molar-refractivity contribution in [2.45, 2.75) is 32.4 Å². The van der Waals surface area contributed by atoms with Gasteiger partial charge >= 0.3 is 0 Å². The number of carbonyl (C=O) groups excluding carboxylic acids is 1. The summed E-state index contributed by atoms with van der Waals surface area (Å²) in [5, 5.41) is 0. The highest BCUT2D eigenvalue weighted by Crippen LogP contribution is 2.33. The number of hydrogen-bond acceptors (Lipinski definition) is 4. The maximum absolute atomic E-state index is 12.5. The molecule has 0 aliphatic carbocycles. The lowest BCUT2D eigenvalue weighted by molar-refractivity contribution is 0.0743. The van der Waals surface area contributed by atoms with Crippen LogP contribution in [0.5, 0.6) is 0 Å². The Morgan fingerprint density at radius 2 is 2.26 bits per heavy atom. The molecule has 5 heteroatoms. The number of fused-ring (bicyclic) bond motifs is 1. The molecular formula is C18H22N2O2S. The van der Waals surface area contributed by atoms with Crippen LogP contribution in [0, 0.1) is 12.8 Å². The molecule has 122 valence electrons. The summed E-state index contributed by atoms with van der Waals surface area (Å²) in [5.41, 5.74) is 0. The number of nitrogens with zero attached hydrogens (tertiary/aromatic N) is 2. The second-order valence-electron chi connectivity index (χ2n) is 6.64. The van der Waals surface area contributed by atoms with Crippen LogP contribution in [0.3, 0.4) is 0 Å². The second-order valence-corrected chi connectivity index (χ2v) is 8.01. The third-order valence-electron chi connectivity index (χ3n) is 5.07. The second kappa shape index (κ2) is 6.13. The minimum absolute atomic E-state index is 0.0383. The highest BCUT2D eigenvalue weighted by Gasteiger charge is 2.41. The van der Waals surface area contributed by atoms with Gasteiger partial charge in [0.1, 0.15) is 0 Å². The molecule has 0 saturated carbocycles. The van der Waals surface area contributed by atoms with E-state index in [0.29, 0.717) is 17.7 Å². The van der Waals surface area contributed by atoms with E-state index in [9.17, 15) is 4.79 Å². The summed E-state index contributed by atoms with van der Waals surface area (Å²) >= 11 is 1.88. The van der Waals surface area contributed by atoms with Crippen LogP contribution in [-0.2, 0) is 6.54 Å². The third kappa shape index (κ3) is 2.95. The van der Waals surface area contributed by atoms with Crippen molar-refractivity contribution < 1.29 is 9.21 Å². The van der Waals surface area contributed by atoms with Crippen LogP contribution in [0.4, 0.5) is 0 Å². The first kappa shape index (κ1) is 15.0. The zero-order valence-electron chi connectivity index (χ0n) is 13.4.